The van der Waals surface area contributed by atoms with Gasteiger partial charge in [-0.1, -0.05) is 188 Å². The SMILES string of the molecule is C1=C=C(N(c2ccc(-c3ccccc3)cc2)c2ccc(-c3ccc4c(c3)C(c3ccccc3)(c3ccccc3)c3ccccc3-4)cc2)C=CC=1c1ccccc1. The molecule has 0 fully saturated rings. The van der Waals surface area contributed by atoms with E-state index in [2.05, 4.69) is 235 Å². The van der Waals surface area contributed by atoms with Crippen LogP contribution in [0.5, 0.6) is 0 Å². The molecule has 10 rings (SSSR count). The van der Waals surface area contributed by atoms with Crippen LogP contribution in [-0.4, -0.2) is 0 Å². The lowest BCUT2D eigenvalue weighted by Gasteiger charge is -2.34. The molecule has 0 saturated heterocycles. The van der Waals surface area contributed by atoms with Gasteiger partial charge in [-0.05, 0) is 109 Å². The minimum absolute atomic E-state index is 0.439. The van der Waals surface area contributed by atoms with Gasteiger partial charge in [0.1, 0.15) is 0 Å². The molecule has 0 radical (unpaired) electrons. The largest absolute Gasteiger partial charge is 0.303 e. The first-order valence-corrected chi connectivity index (χ1v) is 19.2. The number of anilines is 2. The molecule has 0 heterocycles. The summed E-state index contributed by atoms with van der Waals surface area (Å²) in [6.07, 6.45) is 4.28. The Hall–Kier alpha value is -7.40. The van der Waals surface area contributed by atoms with Crippen molar-refractivity contribution < 1.29 is 0 Å². The van der Waals surface area contributed by atoms with Crippen LogP contribution in [-0.2, 0) is 5.41 Å². The summed E-state index contributed by atoms with van der Waals surface area (Å²) in [4.78, 5) is 2.26. The smallest absolute Gasteiger partial charge is 0.0973 e. The second kappa shape index (κ2) is 14.1. The summed E-state index contributed by atoms with van der Waals surface area (Å²) in [5.41, 5.74) is 24.1. The van der Waals surface area contributed by atoms with E-state index in [0.717, 1.165) is 33.8 Å². The zero-order valence-corrected chi connectivity index (χ0v) is 30.8. The zero-order valence-electron chi connectivity index (χ0n) is 30.8. The third-order valence-electron chi connectivity index (χ3n) is 11.2. The Morgan fingerprint density at radius 1 is 0.339 bits per heavy atom. The van der Waals surface area contributed by atoms with Gasteiger partial charge in [0.25, 0.3) is 0 Å². The minimum atomic E-state index is -0.439. The molecule has 0 aromatic heterocycles. The molecule has 0 spiro atoms. The molecule has 0 saturated carbocycles. The predicted molar refractivity (Wildman–Crippen MR) is 233 cm³/mol. The van der Waals surface area contributed by atoms with Gasteiger partial charge in [-0.25, -0.2) is 0 Å². The number of allylic oxidation sites excluding steroid dienone is 3. The van der Waals surface area contributed by atoms with E-state index in [1.54, 1.807) is 0 Å². The Labute approximate surface area is 328 Å². The number of fused-ring (bicyclic) bond motifs is 3. The summed E-state index contributed by atoms with van der Waals surface area (Å²) in [5, 5.41) is 0. The van der Waals surface area contributed by atoms with Crippen LogP contribution in [0, 0.1) is 0 Å². The van der Waals surface area contributed by atoms with Gasteiger partial charge in [0, 0.05) is 16.9 Å². The maximum atomic E-state index is 3.50. The van der Waals surface area contributed by atoms with Crippen LogP contribution < -0.4 is 4.90 Å². The summed E-state index contributed by atoms with van der Waals surface area (Å²) < 4.78 is 0. The lowest BCUT2D eigenvalue weighted by atomic mass is 9.67. The number of hydrogen-bond donors (Lipinski definition) is 0. The predicted octanol–water partition coefficient (Wildman–Crippen LogP) is 13.8. The van der Waals surface area contributed by atoms with Crippen molar-refractivity contribution in [3.63, 3.8) is 0 Å². The molecule has 0 atom stereocenters. The van der Waals surface area contributed by atoms with Crippen molar-refractivity contribution in [1.82, 2.24) is 0 Å². The van der Waals surface area contributed by atoms with Gasteiger partial charge in [0.15, 0.2) is 0 Å². The van der Waals surface area contributed by atoms with E-state index in [1.807, 2.05) is 6.07 Å². The van der Waals surface area contributed by atoms with E-state index in [4.69, 9.17) is 0 Å². The third-order valence-corrected chi connectivity index (χ3v) is 11.2. The average molecular weight is 712 g/mol. The standard InChI is InChI=1S/C55H37N/c1-5-15-40(16-6-1)42-25-32-48(33-26-42)56(49-34-27-43(28-35-49)41-17-7-2-8-18-41)50-36-29-44(30-37-50)45-31-38-52-51-23-13-14-24-53(51)55(54(52)39-45,46-19-9-3-10-20-46)47-21-11-4-12-22-47/h1-27,29-34,36-39H. The van der Waals surface area contributed by atoms with Crippen LogP contribution in [0.2, 0.25) is 0 Å². The molecule has 8 aromatic rings. The number of benzene rings is 8. The lowest BCUT2D eigenvalue weighted by molar-refractivity contribution is 0.769. The lowest BCUT2D eigenvalue weighted by Crippen LogP contribution is -2.28. The van der Waals surface area contributed by atoms with Crippen molar-refractivity contribution in [2.24, 2.45) is 0 Å². The summed E-state index contributed by atoms with van der Waals surface area (Å²) >= 11 is 0. The quantitative estimate of drug-likeness (QED) is 0.142. The summed E-state index contributed by atoms with van der Waals surface area (Å²) in [7, 11) is 0. The van der Waals surface area contributed by atoms with E-state index in [-0.39, 0.29) is 0 Å². The second-order valence-corrected chi connectivity index (χ2v) is 14.3. The first kappa shape index (κ1) is 33.2. The molecule has 1 nitrogen and oxygen atoms in total. The maximum Gasteiger partial charge on any atom is 0.0973 e. The van der Waals surface area contributed by atoms with E-state index in [9.17, 15) is 0 Å². The van der Waals surface area contributed by atoms with Gasteiger partial charge in [-0.15, -0.1) is 0 Å². The Balaban J connectivity index is 1.08. The molecule has 8 aromatic carbocycles. The fraction of sp³-hybridized carbons (Fsp3) is 0.0182. The minimum Gasteiger partial charge on any atom is -0.303 e. The molecular formula is C55H37N. The molecule has 0 amide bonds. The molecule has 0 unspecified atom stereocenters. The Kier molecular flexibility index (Phi) is 8.36. The van der Waals surface area contributed by atoms with Crippen molar-refractivity contribution in [2.45, 2.75) is 5.41 Å². The number of rotatable bonds is 8. The normalized spacial score (nSPS) is 13.4. The van der Waals surface area contributed by atoms with Crippen LogP contribution in [0.4, 0.5) is 11.4 Å². The molecule has 2 aliphatic carbocycles. The molecule has 1 heteroatoms. The van der Waals surface area contributed by atoms with Gasteiger partial charge < -0.3 is 4.90 Å². The number of hydrogen-bond acceptors (Lipinski definition) is 1. The van der Waals surface area contributed by atoms with E-state index >= 15 is 0 Å². The van der Waals surface area contributed by atoms with Gasteiger partial charge in [-0.3, -0.25) is 0 Å². The van der Waals surface area contributed by atoms with E-state index < -0.39 is 5.41 Å². The molecular weight excluding hydrogens is 675 g/mol. The average Bonchev–Trinajstić information content (AvgIpc) is 3.59. The van der Waals surface area contributed by atoms with Gasteiger partial charge >= 0.3 is 0 Å². The molecule has 0 N–H and O–H groups in total. The van der Waals surface area contributed by atoms with E-state index in [0.29, 0.717) is 0 Å². The van der Waals surface area contributed by atoms with Crippen molar-refractivity contribution in [1.29, 1.82) is 0 Å². The molecule has 0 bridgehead atoms. The highest BCUT2D eigenvalue weighted by Crippen LogP contribution is 2.56. The van der Waals surface area contributed by atoms with Crippen LogP contribution in [0.15, 0.2) is 242 Å². The number of nitrogens with zero attached hydrogens (tertiary/aromatic N) is 1. The van der Waals surface area contributed by atoms with Crippen LogP contribution in [0.1, 0.15) is 27.8 Å². The summed E-state index contributed by atoms with van der Waals surface area (Å²) in [6.45, 7) is 0. The van der Waals surface area contributed by atoms with E-state index in [1.165, 1.54) is 50.1 Å². The molecule has 2 aliphatic rings. The monoisotopic (exact) mass is 711 g/mol. The Morgan fingerprint density at radius 2 is 0.804 bits per heavy atom. The Bertz CT molecular complexity index is 2780. The maximum absolute atomic E-state index is 3.50. The van der Waals surface area contributed by atoms with Gasteiger partial charge in [-0.2, -0.15) is 0 Å². The Morgan fingerprint density at radius 3 is 1.38 bits per heavy atom. The van der Waals surface area contributed by atoms with Crippen molar-refractivity contribution in [3.05, 3.63) is 269 Å². The molecule has 262 valence electrons. The third kappa shape index (κ3) is 5.68. The van der Waals surface area contributed by atoms with Gasteiger partial charge in [0.05, 0.1) is 11.1 Å². The van der Waals surface area contributed by atoms with Crippen LogP contribution in [0.25, 0.3) is 39.0 Å². The topological polar surface area (TPSA) is 3.24 Å². The first-order valence-electron chi connectivity index (χ1n) is 19.2. The van der Waals surface area contributed by atoms with Crippen LogP contribution in [0.3, 0.4) is 0 Å². The zero-order chi connectivity index (χ0) is 37.3. The van der Waals surface area contributed by atoms with Crippen molar-refractivity contribution in [3.8, 4) is 33.4 Å². The van der Waals surface area contributed by atoms with Crippen molar-refractivity contribution in [2.75, 3.05) is 4.90 Å². The first-order chi connectivity index (χ1) is 27.8. The highest BCUT2D eigenvalue weighted by molar-refractivity contribution is 5.89. The summed E-state index contributed by atoms with van der Waals surface area (Å²) in [5.74, 6) is 0. The highest BCUT2D eigenvalue weighted by atomic mass is 15.1. The fourth-order valence-electron chi connectivity index (χ4n) is 8.58. The fourth-order valence-corrected chi connectivity index (χ4v) is 8.58. The summed E-state index contributed by atoms with van der Waals surface area (Å²) in [6, 6.07) is 76.6. The van der Waals surface area contributed by atoms with Gasteiger partial charge in [0.2, 0.25) is 0 Å². The molecule has 0 aliphatic heterocycles. The van der Waals surface area contributed by atoms with Crippen molar-refractivity contribution >= 4 is 16.9 Å². The van der Waals surface area contributed by atoms with Crippen LogP contribution >= 0.6 is 0 Å². The second-order valence-electron chi connectivity index (χ2n) is 14.3. The highest BCUT2D eigenvalue weighted by Gasteiger charge is 2.46. The molecule has 56 heavy (non-hydrogen) atoms.